The van der Waals surface area contributed by atoms with Crippen molar-refractivity contribution < 1.29 is 22.7 Å². The van der Waals surface area contributed by atoms with E-state index in [1.807, 2.05) is 0 Å². The molecule has 6 nitrogen and oxygen atoms in total. The fourth-order valence-electron chi connectivity index (χ4n) is 1.74. The second-order valence-electron chi connectivity index (χ2n) is 3.88. The van der Waals surface area contributed by atoms with E-state index >= 15 is 0 Å². The van der Waals surface area contributed by atoms with Crippen LogP contribution in [0.15, 0.2) is 23.1 Å². The van der Waals surface area contributed by atoms with Gasteiger partial charge in [0.05, 0.1) is 19.2 Å². The van der Waals surface area contributed by atoms with Crippen LogP contribution in [0, 0.1) is 0 Å². The number of fused-ring (bicyclic) bond motifs is 1. The molecule has 18 heavy (non-hydrogen) atoms. The highest BCUT2D eigenvalue weighted by atomic mass is 32.2. The number of sulfonamides is 1. The van der Waals surface area contributed by atoms with Crippen molar-refractivity contribution in [2.24, 2.45) is 0 Å². The second kappa shape index (κ2) is 4.09. The van der Waals surface area contributed by atoms with Gasteiger partial charge in [-0.1, -0.05) is 0 Å². The molecule has 1 aliphatic rings. The van der Waals surface area contributed by atoms with Gasteiger partial charge in [0.15, 0.2) is 0 Å². The minimum absolute atomic E-state index is 0.0667. The Hall–Kier alpha value is -1.89. The number of benzene rings is 1. The third kappa shape index (κ3) is 1.76. The van der Waals surface area contributed by atoms with Gasteiger partial charge in [0, 0.05) is 6.07 Å². The monoisotopic (exact) mass is 269 g/mol. The molecule has 0 radical (unpaired) electrons. The van der Waals surface area contributed by atoms with Crippen LogP contribution in [0.3, 0.4) is 0 Å². The van der Waals surface area contributed by atoms with Crippen LogP contribution in [0.1, 0.15) is 17.3 Å². The van der Waals surface area contributed by atoms with E-state index in [2.05, 4.69) is 0 Å². The summed E-state index contributed by atoms with van der Waals surface area (Å²) in [6.45, 7) is 0.782. The standard InChI is InChI=1S/C11H11NO5S/c1-7(13)6-12-11(14)9-4-3-8(17-2)5-10(9)18(12,15)16/h3-5H,6H2,1-2H3. The molecular formula is C11H11NO5S. The summed E-state index contributed by atoms with van der Waals surface area (Å²) in [6.07, 6.45) is 0. The molecule has 0 aromatic heterocycles. The minimum atomic E-state index is -3.94. The first-order valence-electron chi connectivity index (χ1n) is 5.12. The zero-order valence-electron chi connectivity index (χ0n) is 9.84. The molecule has 1 aromatic rings. The Labute approximate surface area is 104 Å². The maximum absolute atomic E-state index is 12.1. The molecule has 1 aromatic carbocycles. The summed E-state index contributed by atoms with van der Waals surface area (Å²) in [5.74, 6) is -0.732. The first-order chi connectivity index (χ1) is 8.37. The van der Waals surface area contributed by atoms with E-state index in [0.717, 1.165) is 0 Å². The lowest BCUT2D eigenvalue weighted by molar-refractivity contribution is -0.116. The lowest BCUT2D eigenvalue weighted by Crippen LogP contribution is -2.34. The molecule has 0 N–H and O–H groups in total. The molecule has 0 fully saturated rings. The maximum atomic E-state index is 12.1. The van der Waals surface area contributed by atoms with Crippen LogP contribution < -0.4 is 4.74 Å². The van der Waals surface area contributed by atoms with Gasteiger partial charge in [0.1, 0.15) is 16.4 Å². The number of rotatable bonds is 3. The van der Waals surface area contributed by atoms with Gasteiger partial charge in [0.25, 0.3) is 15.9 Å². The number of Topliss-reactive ketones (excluding diaryl/α,β-unsaturated/α-hetero) is 1. The van der Waals surface area contributed by atoms with E-state index in [0.29, 0.717) is 10.1 Å². The molecule has 0 saturated carbocycles. The highest BCUT2D eigenvalue weighted by Crippen LogP contribution is 2.32. The Balaban J connectivity index is 2.58. The Morgan fingerprint density at radius 2 is 2.06 bits per heavy atom. The number of ketones is 1. The number of ether oxygens (including phenoxy) is 1. The molecule has 1 amide bonds. The van der Waals surface area contributed by atoms with Gasteiger partial charge < -0.3 is 4.74 Å². The van der Waals surface area contributed by atoms with Gasteiger partial charge in [-0.05, 0) is 19.1 Å². The van der Waals surface area contributed by atoms with Gasteiger partial charge in [-0.3, -0.25) is 9.59 Å². The quantitative estimate of drug-likeness (QED) is 0.794. The lowest BCUT2D eigenvalue weighted by Gasteiger charge is -2.12. The Kier molecular flexibility index (Phi) is 2.86. The van der Waals surface area contributed by atoms with Crippen molar-refractivity contribution in [1.29, 1.82) is 0 Å². The summed E-state index contributed by atoms with van der Waals surface area (Å²) in [5, 5.41) is 0. The average Bonchev–Trinajstić information content (AvgIpc) is 2.50. The van der Waals surface area contributed by atoms with E-state index in [1.165, 1.54) is 32.2 Å². The van der Waals surface area contributed by atoms with E-state index in [-0.39, 0.29) is 10.5 Å². The predicted molar refractivity (Wildman–Crippen MR) is 61.9 cm³/mol. The van der Waals surface area contributed by atoms with Crippen LogP contribution in [0.4, 0.5) is 0 Å². The van der Waals surface area contributed by atoms with E-state index in [4.69, 9.17) is 4.74 Å². The van der Waals surface area contributed by atoms with E-state index in [9.17, 15) is 18.0 Å². The van der Waals surface area contributed by atoms with Crippen LogP contribution in [0.5, 0.6) is 5.75 Å². The smallest absolute Gasteiger partial charge is 0.269 e. The Morgan fingerprint density at radius 1 is 1.39 bits per heavy atom. The molecule has 0 unspecified atom stereocenters. The minimum Gasteiger partial charge on any atom is -0.497 e. The highest BCUT2D eigenvalue weighted by molar-refractivity contribution is 7.90. The van der Waals surface area contributed by atoms with Crippen molar-refractivity contribution in [3.8, 4) is 5.75 Å². The van der Waals surface area contributed by atoms with Crippen molar-refractivity contribution in [2.75, 3.05) is 13.7 Å². The lowest BCUT2D eigenvalue weighted by atomic mass is 10.2. The van der Waals surface area contributed by atoms with E-state index < -0.39 is 28.3 Å². The summed E-state index contributed by atoms with van der Waals surface area (Å²) in [6, 6.07) is 4.17. The normalized spacial score (nSPS) is 16.6. The van der Waals surface area contributed by atoms with Crippen molar-refractivity contribution in [2.45, 2.75) is 11.8 Å². The molecule has 0 bridgehead atoms. The molecule has 1 heterocycles. The summed E-state index contributed by atoms with van der Waals surface area (Å²) in [5.41, 5.74) is 0.0667. The maximum Gasteiger partial charge on any atom is 0.269 e. The summed E-state index contributed by atoms with van der Waals surface area (Å²) < 4.78 is 29.7. The topological polar surface area (TPSA) is 80.8 Å². The molecule has 0 saturated heterocycles. The van der Waals surface area contributed by atoms with Crippen molar-refractivity contribution >= 4 is 21.7 Å². The van der Waals surface area contributed by atoms with Crippen molar-refractivity contribution in [3.63, 3.8) is 0 Å². The van der Waals surface area contributed by atoms with Crippen LogP contribution >= 0.6 is 0 Å². The fraction of sp³-hybridized carbons (Fsp3) is 0.273. The van der Waals surface area contributed by atoms with Gasteiger partial charge in [0.2, 0.25) is 0 Å². The number of carbonyl (C=O) groups excluding carboxylic acids is 2. The zero-order chi connectivity index (χ0) is 13.5. The SMILES string of the molecule is COc1ccc2c(c1)S(=O)(=O)N(CC(C)=O)C2=O. The van der Waals surface area contributed by atoms with Crippen LogP contribution in [-0.2, 0) is 14.8 Å². The largest absolute Gasteiger partial charge is 0.497 e. The fourth-order valence-corrected chi connectivity index (χ4v) is 3.35. The third-order valence-corrected chi connectivity index (χ3v) is 4.35. The molecule has 0 aliphatic carbocycles. The van der Waals surface area contributed by atoms with Crippen LogP contribution in [-0.4, -0.2) is 38.1 Å². The number of hydrogen-bond donors (Lipinski definition) is 0. The van der Waals surface area contributed by atoms with E-state index in [1.54, 1.807) is 0 Å². The van der Waals surface area contributed by atoms with Gasteiger partial charge >= 0.3 is 0 Å². The number of amides is 1. The summed E-state index contributed by atoms with van der Waals surface area (Å²) >= 11 is 0. The highest BCUT2D eigenvalue weighted by Gasteiger charge is 2.41. The number of methoxy groups -OCH3 is 1. The molecule has 0 atom stereocenters. The number of hydrogen-bond acceptors (Lipinski definition) is 5. The van der Waals surface area contributed by atoms with Gasteiger partial charge in [-0.15, -0.1) is 0 Å². The Morgan fingerprint density at radius 3 is 2.61 bits per heavy atom. The molecule has 1 aliphatic heterocycles. The third-order valence-electron chi connectivity index (χ3n) is 2.58. The summed E-state index contributed by atoms with van der Waals surface area (Å²) in [4.78, 5) is 22.8. The van der Waals surface area contributed by atoms with Crippen molar-refractivity contribution in [3.05, 3.63) is 23.8 Å². The zero-order valence-corrected chi connectivity index (χ0v) is 10.7. The molecule has 0 spiro atoms. The number of carbonyl (C=O) groups is 2. The predicted octanol–water partition coefficient (Wildman–Crippen LogP) is 0.429. The molecule has 7 heteroatoms. The second-order valence-corrected chi connectivity index (χ2v) is 5.71. The first-order valence-corrected chi connectivity index (χ1v) is 6.56. The Bertz CT molecular complexity index is 635. The van der Waals surface area contributed by atoms with Gasteiger partial charge in [-0.25, -0.2) is 12.7 Å². The number of nitrogens with zero attached hydrogens (tertiary/aromatic N) is 1. The molecular weight excluding hydrogens is 258 g/mol. The van der Waals surface area contributed by atoms with Crippen molar-refractivity contribution in [1.82, 2.24) is 4.31 Å². The van der Waals surface area contributed by atoms with Crippen LogP contribution in [0.25, 0.3) is 0 Å². The van der Waals surface area contributed by atoms with Crippen LogP contribution in [0.2, 0.25) is 0 Å². The summed E-state index contributed by atoms with van der Waals surface area (Å²) in [7, 11) is -2.54. The van der Waals surface area contributed by atoms with Gasteiger partial charge in [-0.2, -0.15) is 0 Å². The first kappa shape index (κ1) is 12.6. The molecule has 2 rings (SSSR count). The molecule has 96 valence electrons. The average molecular weight is 269 g/mol.